The zero-order valence-corrected chi connectivity index (χ0v) is 18.1. The molecule has 0 bridgehead atoms. The van der Waals surface area contributed by atoms with E-state index in [1.807, 2.05) is 48.5 Å². The maximum absolute atomic E-state index is 12.2. The fraction of sp³-hybridized carbons (Fsp3) is 0.333. The van der Waals surface area contributed by atoms with E-state index in [0.717, 1.165) is 11.1 Å². The van der Waals surface area contributed by atoms with Gasteiger partial charge in [-0.25, -0.2) is 4.79 Å². The first-order valence-electron chi connectivity index (χ1n) is 10.5. The molecule has 0 fully saturated rings. The van der Waals surface area contributed by atoms with E-state index in [-0.39, 0.29) is 38.9 Å². The number of benzene rings is 2. The number of rotatable bonds is 13. The third-order valence-electron chi connectivity index (χ3n) is 4.73. The summed E-state index contributed by atoms with van der Waals surface area (Å²) in [5, 5.41) is 11.6. The average molecular weight is 456 g/mol. The third-order valence-corrected chi connectivity index (χ3v) is 4.73. The van der Waals surface area contributed by atoms with Crippen LogP contribution < -0.4 is 11.1 Å². The molecule has 0 radical (unpaired) electrons. The number of nitrogens with one attached hydrogen (secondary N) is 1. The van der Waals surface area contributed by atoms with Crippen molar-refractivity contribution < 1.29 is 33.8 Å². The Labute approximate surface area is 191 Å². The van der Waals surface area contributed by atoms with Gasteiger partial charge in [-0.2, -0.15) is 0 Å². The molecule has 0 heterocycles. The predicted octanol–water partition coefficient (Wildman–Crippen LogP) is 1.93. The summed E-state index contributed by atoms with van der Waals surface area (Å²) < 4.78 is 10.2. The van der Waals surface area contributed by atoms with E-state index in [2.05, 4.69) is 5.32 Å². The van der Waals surface area contributed by atoms with Crippen LogP contribution in [0.25, 0.3) is 0 Å². The van der Waals surface area contributed by atoms with Gasteiger partial charge < -0.3 is 25.6 Å². The van der Waals surface area contributed by atoms with Crippen molar-refractivity contribution in [1.29, 1.82) is 0 Å². The lowest BCUT2D eigenvalue weighted by atomic mass is 10.1. The molecular formula is C24H28N2O7. The number of carbonyl (C=O) groups excluding carboxylic acids is 3. The van der Waals surface area contributed by atoms with E-state index in [9.17, 15) is 24.3 Å². The zero-order chi connectivity index (χ0) is 24.1. The Kier molecular flexibility index (Phi) is 10.6. The van der Waals surface area contributed by atoms with Gasteiger partial charge >= 0.3 is 17.9 Å². The summed E-state index contributed by atoms with van der Waals surface area (Å²) in [6.07, 6.45) is -0.443. The number of ether oxygens (including phenoxy) is 2. The second-order valence-electron chi connectivity index (χ2n) is 7.38. The van der Waals surface area contributed by atoms with Gasteiger partial charge in [-0.15, -0.1) is 0 Å². The summed E-state index contributed by atoms with van der Waals surface area (Å²) >= 11 is 0. The van der Waals surface area contributed by atoms with Crippen LogP contribution >= 0.6 is 0 Å². The number of aliphatic carboxylic acids is 1. The fourth-order valence-electron chi connectivity index (χ4n) is 2.82. The van der Waals surface area contributed by atoms with Crippen LogP contribution in [0.15, 0.2) is 60.7 Å². The first-order valence-corrected chi connectivity index (χ1v) is 10.5. The molecule has 9 heteroatoms. The quantitative estimate of drug-likeness (QED) is 0.388. The summed E-state index contributed by atoms with van der Waals surface area (Å²) in [5.74, 6) is -3.12. The minimum absolute atomic E-state index is 0.00902. The van der Waals surface area contributed by atoms with E-state index in [0.29, 0.717) is 0 Å². The molecule has 0 aliphatic carbocycles. The lowest BCUT2D eigenvalue weighted by Gasteiger charge is -2.17. The molecule has 33 heavy (non-hydrogen) atoms. The van der Waals surface area contributed by atoms with Gasteiger partial charge in [-0.3, -0.25) is 14.4 Å². The summed E-state index contributed by atoms with van der Waals surface area (Å²) in [5.41, 5.74) is 7.43. The van der Waals surface area contributed by atoms with Crippen LogP contribution in [0.2, 0.25) is 0 Å². The number of carboxylic acid groups (broad SMARTS) is 1. The van der Waals surface area contributed by atoms with Crippen molar-refractivity contribution in [1.82, 2.24) is 5.32 Å². The number of carbonyl (C=O) groups is 4. The summed E-state index contributed by atoms with van der Waals surface area (Å²) in [7, 11) is 0. The van der Waals surface area contributed by atoms with Crippen LogP contribution in [0, 0.1) is 0 Å². The largest absolute Gasteiger partial charge is 0.480 e. The van der Waals surface area contributed by atoms with Crippen LogP contribution in [0.4, 0.5) is 0 Å². The number of amides is 1. The topological polar surface area (TPSA) is 145 Å². The minimum Gasteiger partial charge on any atom is -0.480 e. The minimum atomic E-state index is -1.31. The van der Waals surface area contributed by atoms with E-state index < -0.39 is 35.9 Å². The molecule has 176 valence electrons. The second kappa shape index (κ2) is 13.6. The third kappa shape index (κ3) is 9.96. The molecule has 9 nitrogen and oxygen atoms in total. The number of esters is 2. The number of nitrogens with two attached hydrogens (primary N) is 1. The SMILES string of the molecule is N[C@@H](CCC(=O)OCc1ccccc1)C(=O)N[C@H](CCC(=O)OCc1ccccc1)C(=O)O. The van der Waals surface area contributed by atoms with E-state index in [1.165, 1.54) is 0 Å². The Morgan fingerprint density at radius 2 is 1.24 bits per heavy atom. The van der Waals surface area contributed by atoms with Crippen molar-refractivity contribution in [3.8, 4) is 0 Å². The standard InChI is InChI=1S/C24H28N2O7/c25-19(11-13-21(27)32-15-17-7-3-1-4-8-17)23(29)26-20(24(30)31)12-14-22(28)33-16-18-9-5-2-6-10-18/h1-10,19-20H,11-16,25H2,(H,26,29)(H,30,31)/t19-,20+/m0/s1. The Morgan fingerprint density at radius 1 is 0.788 bits per heavy atom. The molecule has 2 aromatic rings. The highest BCUT2D eigenvalue weighted by atomic mass is 16.5. The van der Waals surface area contributed by atoms with Gasteiger partial charge in [0.1, 0.15) is 19.3 Å². The molecule has 4 N–H and O–H groups in total. The first kappa shape index (κ1) is 25.5. The fourth-order valence-corrected chi connectivity index (χ4v) is 2.82. The van der Waals surface area contributed by atoms with Crippen molar-refractivity contribution in [3.05, 3.63) is 71.8 Å². The van der Waals surface area contributed by atoms with Crippen LogP contribution in [0.5, 0.6) is 0 Å². The molecule has 0 saturated heterocycles. The molecule has 0 unspecified atom stereocenters. The number of carboxylic acids is 1. The lowest BCUT2D eigenvalue weighted by Crippen LogP contribution is -2.48. The van der Waals surface area contributed by atoms with Gasteiger partial charge in [-0.1, -0.05) is 60.7 Å². The normalized spacial score (nSPS) is 12.3. The number of hydrogen-bond donors (Lipinski definition) is 3. The first-order chi connectivity index (χ1) is 15.8. The monoisotopic (exact) mass is 456 g/mol. The molecule has 0 aliphatic heterocycles. The molecule has 2 aromatic carbocycles. The molecule has 1 amide bonds. The Hall–Kier alpha value is -3.72. The zero-order valence-electron chi connectivity index (χ0n) is 18.1. The number of hydrogen-bond acceptors (Lipinski definition) is 7. The highest BCUT2D eigenvalue weighted by Gasteiger charge is 2.24. The van der Waals surface area contributed by atoms with Crippen molar-refractivity contribution in [2.45, 2.75) is 51.0 Å². The predicted molar refractivity (Wildman–Crippen MR) is 118 cm³/mol. The van der Waals surface area contributed by atoms with Crippen LogP contribution in [0.1, 0.15) is 36.8 Å². The molecule has 0 aliphatic rings. The molecule has 2 atom stereocenters. The maximum Gasteiger partial charge on any atom is 0.326 e. The van der Waals surface area contributed by atoms with Gasteiger partial charge in [0.05, 0.1) is 6.04 Å². The van der Waals surface area contributed by atoms with Gasteiger partial charge in [0.15, 0.2) is 0 Å². The summed E-state index contributed by atoms with van der Waals surface area (Å²) in [6, 6.07) is 15.8. The van der Waals surface area contributed by atoms with Gasteiger partial charge in [0, 0.05) is 12.8 Å². The average Bonchev–Trinajstić information content (AvgIpc) is 2.83. The highest BCUT2D eigenvalue weighted by molar-refractivity contribution is 5.87. The molecular weight excluding hydrogens is 428 g/mol. The van der Waals surface area contributed by atoms with Gasteiger partial charge in [0.2, 0.25) is 5.91 Å². The van der Waals surface area contributed by atoms with Crippen LogP contribution in [-0.4, -0.2) is 41.0 Å². The summed E-state index contributed by atoms with van der Waals surface area (Å²) in [6.45, 7) is 0.192. The van der Waals surface area contributed by atoms with Crippen molar-refractivity contribution in [2.24, 2.45) is 5.73 Å². The van der Waals surface area contributed by atoms with Crippen molar-refractivity contribution in [2.75, 3.05) is 0 Å². The summed E-state index contributed by atoms with van der Waals surface area (Å²) in [4.78, 5) is 47.5. The van der Waals surface area contributed by atoms with Crippen LogP contribution in [-0.2, 0) is 41.9 Å². The van der Waals surface area contributed by atoms with Gasteiger partial charge in [-0.05, 0) is 24.0 Å². The smallest absolute Gasteiger partial charge is 0.326 e. The molecule has 0 aromatic heterocycles. The molecule has 2 rings (SSSR count). The Balaban J connectivity index is 1.70. The van der Waals surface area contributed by atoms with Crippen molar-refractivity contribution >= 4 is 23.8 Å². The lowest BCUT2D eigenvalue weighted by molar-refractivity contribution is -0.147. The van der Waals surface area contributed by atoms with Crippen LogP contribution in [0.3, 0.4) is 0 Å². The molecule has 0 spiro atoms. The Bertz CT molecular complexity index is 919. The van der Waals surface area contributed by atoms with E-state index in [4.69, 9.17) is 15.2 Å². The van der Waals surface area contributed by atoms with Crippen molar-refractivity contribution in [3.63, 3.8) is 0 Å². The van der Waals surface area contributed by atoms with E-state index >= 15 is 0 Å². The van der Waals surface area contributed by atoms with E-state index in [1.54, 1.807) is 12.1 Å². The molecule has 0 saturated carbocycles. The maximum atomic E-state index is 12.2. The van der Waals surface area contributed by atoms with Gasteiger partial charge in [0.25, 0.3) is 0 Å². The highest BCUT2D eigenvalue weighted by Crippen LogP contribution is 2.07. The Morgan fingerprint density at radius 3 is 1.70 bits per heavy atom. The second-order valence-corrected chi connectivity index (χ2v) is 7.38.